The zero-order chi connectivity index (χ0) is 31.5. The Morgan fingerprint density at radius 2 is 1.52 bits per heavy atom. The highest BCUT2D eigenvalue weighted by atomic mass is 32.1. The molecule has 0 spiro atoms. The van der Waals surface area contributed by atoms with Crippen LogP contribution in [0, 0.1) is 5.41 Å². The molecule has 234 valence electrons. The number of urea groups is 1. The van der Waals surface area contributed by atoms with Crippen molar-refractivity contribution in [2.75, 3.05) is 45.0 Å². The van der Waals surface area contributed by atoms with Gasteiger partial charge >= 0.3 is 12.1 Å². The SMILES string of the molecule is CC1(Cc2ccc(C(=O)Cc3cc(-c4cccs4)ccc3N)cc2)CCN(C(=O)N2CCN(C(=O)OC(C)(C)C)CC2)CC1. The molecule has 44 heavy (non-hydrogen) atoms. The van der Waals surface area contributed by atoms with Crippen molar-refractivity contribution < 1.29 is 19.1 Å². The van der Waals surface area contributed by atoms with Gasteiger partial charge in [-0.3, -0.25) is 4.79 Å². The van der Waals surface area contributed by atoms with Crippen molar-refractivity contribution in [3.8, 4) is 10.4 Å². The summed E-state index contributed by atoms with van der Waals surface area (Å²) in [6.45, 7) is 11.3. The Kier molecular flexibility index (Phi) is 9.34. The lowest BCUT2D eigenvalue weighted by molar-refractivity contribution is 0.0148. The standard InChI is InChI=1S/C35H44N4O4S/c1-34(2,3)43-33(42)39-19-17-38(18-20-39)32(41)37-15-13-35(4,14-16-37)24-25-7-9-26(10-8-25)30(40)23-28-22-27(11-12-29(28)36)31-6-5-21-44-31/h5-12,21-22H,13-20,23-24,36H2,1-4H3. The zero-order valence-corrected chi connectivity index (χ0v) is 27.1. The number of thiophene rings is 1. The highest BCUT2D eigenvalue weighted by molar-refractivity contribution is 7.13. The van der Waals surface area contributed by atoms with Crippen molar-refractivity contribution >= 4 is 34.9 Å². The predicted octanol–water partition coefficient (Wildman–Crippen LogP) is 6.74. The topological polar surface area (TPSA) is 96.2 Å². The van der Waals surface area contributed by atoms with Crippen molar-refractivity contribution in [2.24, 2.45) is 5.41 Å². The van der Waals surface area contributed by atoms with Gasteiger partial charge < -0.3 is 25.2 Å². The summed E-state index contributed by atoms with van der Waals surface area (Å²) in [4.78, 5) is 45.4. The van der Waals surface area contributed by atoms with Gasteiger partial charge in [0, 0.05) is 61.8 Å². The van der Waals surface area contributed by atoms with Gasteiger partial charge in [0.15, 0.2) is 5.78 Å². The molecule has 8 nitrogen and oxygen atoms in total. The number of hydrogen-bond acceptors (Lipinski definition) is 6. The Bertz CT molecular complexity index is 1460. The first-order valence-corrected chi connectivity index (χ1v) is 16.3. The fraction of sp³-hybridized carbons (Fsp3) is 0.457. The molecular formula is C35H44N4O4S. The van der Waals surface area contributed by atoms with Crippen molar-refractivity contribution in [2.45, 2.75) is 59.0 Å². The third kappa shape index (κ3) is 7.80. The molecule has 0 atom stereocenters. The van der Waals surface area contributed by atoms with Gasteiger partial charge in [0.25, 0.3) is 0 Å². The van der Waals surface area contributed by atoms with Gasteiger partial charge in [-0.1, -0.05) is 43.3 Å². The van der Waals surface area contributed by atoms with Crippen LogP contribution < -0.4 is 5.73 Å². The Labute approximate surface area is 264 Å². The van der Waals surface area contributed by atoms with E-state index in [1.807, 2.05) is 72.3 Å². The number of carbonyl (C=O) groups excluding carboxylic acids is 3. The Balaban J connectivity index is 1.10. The molecule has 2 N–H and O–H groups in total. The van der Waals surface area contributed by atoms with E-state index in [2.05, 4.69) is 25.1 Å². The van der Waals surface area contributed by atoms with E-state index in [0.717, 1.165) is 35.3 Å². The lowest BCUT2D eigenvalue weighted by atomic mass is 9.75. The number of ketones is 1. The van der Waals surface area contributed by atoms with Gasteiger partial charge in [-0.15, -0.1) is 11.3 Å². The lowest BCUT2D eigenvalue weighted by Gasteiger charge is -2.43. The number of benzene rings is 2. The smallest absolute Gasteiger partial charge is 0.410 e. The molecule has 9 heteroatoms. The number of piperidine rings is 1. The van der Waals surface area contributed by atoms with Crippen LogP contribution in [0.5, 0.6) is 0 Å². The third-order valence-electron chi connectivity index (χ3n) is 8.65. The number of nitrogen functional groups attached to an aromatic ring is 1. The molecule has 5 rings (SSSR count). The third-order valence-corrected chi connectivity index (χ3v) is 9.57. The molecule has 2 aliphatic heterocycles. The van der Waals surface area contributed by atoms with Crippen LogP contribution >= 0.6 is 11.3 Å². The molecule has 0 radical (unpaired) electrons. The van der Waals surface area contributed by atoms with Crippen LogP contribution in [0.1, 0.15) is 62.0 Å². The van der Waals surface area contributed by atoms with Gasteiger partial charge in [-0.05, 0) is 85.7 Å². The second-order valence-electron chi connectivity index (χ2n) is 13.4. The first-order chi connectivity index (χ1) is 20.9. The van der Waals surface area contributed by atoms with E-state index in [1.54, 1.807) is 16.2 Å². The van der Waals surface area contributed by atoms with E-state index in [9.17, 15) is 14.4 Å². The van der Waals surface area contributed by atoms with Crippen LogP contribution in [-0.4, -0.2) is 77.5 Å². The van der Waals surface area contributed by atoms with Gasteiger partial charge in [0.05, 0.1) is 0 Å². The van der Waals surface area contributed by atoms with Gasteiger partial charge in [0.2, 0.25) is 0 Å². The molecule has 2 aromatic carbocycles. The minimum atomic E-state index is -0.531. The molecule has 3 heterocycles. The van der Waals surface area contributed by atoms with Gasteiger partial charge in [-0.25, -0.2) is 9.59 Å². The summed E-state index contributed by atoms with van der Waals surface area (Å²) in [5, 5.41) is 2.04. The maximum Gasteiger partial charge on any atom is 0.410 e. The Hall–Kier alpha value is -3.85. The van der Waals surface area contributed by atoms with Gasteiger partial charge in [-0.2, -0.15) is 0 Å². The van der Waals surface area contributed by atoms with Crippen LogP contribution in [0.4, 0.5) is 15.3 Å². The Morgan fingerprint density at radius 3 is 2.14 bits per heavy atom. The number of Topliss-reactive ketones (excluding diaryl/α,β-unsaturated/α-hetero) is 1. The minimum Gasteiger partial charge on any atom is -0.444 e. The molecule has 0 saturated carbocycles. The molecule has 2 saturated heterocycles. The monoisotopic (exact) mass is 616 g/mol. The van der Waals surface area contributed by atoms with Crippen LogP contribution in [0.3, 0.4) is 0 Å². The minimum absolute atomic E-state index is 0.0524. The second-order valence-corrected chi connectivity index (χ2v) is 14.3. The van der Waals surface area contributed by atoms with E-state index in [0.29, 0.717) is 50.5 Å². The van der Waals surface area contributed by atoms with Crippen LogP contribution in [-0.2, 0) is 17.6 Å². The highest BCUT2D eigenvalue weighted by Gasteiger charge is 2.35. The number of anilines is 1. The molecule has 1 aromatic heterocycles. The number of amides is 3. The first kappa shape index (κ1) is 31.6. The number of nitrogens with zero attached hydrogens (tertiary/aromatic N) is 3. The predicted molar refractivity (Wildman–Crippen MR) is 176 cm³/mol. The summed E-state index contributed by atoms with van der Waals surface area (Å²) >= 11 is 1.67. The van der Waals surface area contributed by atoms with Crippen molar-refractivity contribution in [3.63, 3.8) is 0 Å². The molecule has 2 aliphatic rings. The highest BCUT2D eigenvalue weighted by Crippen LogP contribution is 2.35. The fourth-order valence-electron chi connectivity index (χ4n) is 5.95. The van der Waals surface area contributed by atoms with E-state index < -0.39 is 5.60 Å². The quantitative estimate of drug-likeness (QED) is 0.244. The van der Waals surface area contributed by atoms with Crippen molar-refractivity contribution in [1.82, 2.24) is 14.7 Å². The second kappa shape index (κ2) is 13.0. The van der Waals surface area contributed by atoms with E-state index in [-0.39, 0.29) is 29.7 Å². The number of hydrogen-bond donors (Lipinski definition) is 1. The van der Waals surface area contributed by atoms with E-state index in [4.69, 9.17) is 10.5 Å². The van der Waals surface area contributed by atoms with Crippen LogP contribution in [0.25, 0.3) is 10.4 Å². The summed E-state index contributed by atoms with van der Waals surface area (Å²) in [5.41, 5.74) is 10.2. The van der Waals surface area contributed by atoms with Crippen LogP contribution in [0.15, 0.2) is 60.0 Å². The summed E-state index contributed by atoms with van der Waals surface area (Å²) in [7, 11) is 0. The van der Waals surface area contributed by atoms with Crippen LogP contribution in [0.2, 0.25) is 0 Å². The number of ether oxygens (including phenoxy) is 1. The zero-order valence-electron chi connectivity index (χ0n) is 26.3. The molecule has 0 unspecified atom stereocenters. The molecule has 3 aromatic rings. The molecule has 3 amide bonds. The fourth-order valence-corrected chi connectivity index (χ4v) is 6.68. The first-order valence-electron chi connectivity index (χ1n) is 15.5. The average Bonchev–Trinajstić information content (AvgIpc) is 3.53. The molecular weight excluding hydrogens is 572 g/mol. The van der Waals surface area contributed by atoms with Gasteiger partial charge in [0.1, 0.15) is 5.60 Å². The molecule has 0 bridgehead atoms. The summed E-state index contributed by atoms with van der Waals surface area (Å²) in [5.74, 6) is 0.0524. The van der Waals surface area contributed by atoms with Crippen molar-refractivity contribution in [3.05, 3.63) is 76.7 Å². The Morgan fingerprint density at radius 1 is 0.886 bits per heavy atom. The summed E-state index contributed by atoms with van der Waals surface area (Å²) < 4.78 is 5.48. The maximum atomic E-state index is 13.2. The number of rotatable bonds is 6. The normalized spacial score (nSPS) is 17.0. The summed E-state index contributed by atoms with van der Waals surface area (Å²) in [6.07, 6.45) is 2.67. The molecule has 2 fully saturated rings. The number of likely N-dealkylation sites (tertiary alicyclic amines) is 1. The molecule has 0 aliphatic carbocycles. The number of piperazine rings is 1. The van der Waals surface area contributed by atoms with Crippen molar-refractivity contribution in [1.29, 1.82) is 0 Å². The number of nitrogens with two attached hydrogens (primary N) is 1. The summed E-state index contributed by atoms with van der Waals surface area (Å²) in [6, 6.07) is 18.0. The van der Waals surface area contributed by atoms with E-state index >= 15 is 0 Å². The lowest BCUT2D eigenvalue weighted by Crippen LogP contribution is -2.56. The number of carbonyl (C=O) groups is 3. The maximum absolute atomic E-state index is 13.2. The largest absolute Gasteiger partial charge is 0.444 e. The van der Waals surface area contributed by atoms with E-state index in [1.165, 1.54) is 5.56 Å². The average molecular weight is 617 g/mol.